The summed E-state index contributed by atoms with van der Waals surface area (Å²) < 4.78 is 16.2. The third-order valence-corrected chi connectivity index (χ3v) is 6.04. The van der Waals surface area contributed by atoms with Gasteiger partial charge in [-0.1, -0.05) is 36.4 Å². The number of carbonyl (C=O) groups excluding carboxylic acids is 2. The molecule has 0 aliphatic rings. The Labute approximate surface area is 203 Å². The van der Waals surface area contributed by atoms with E-state index in [-0.39, 0.29) is 11.5 Å². The molecule has 1 unspecified atom stereocenters. The summed E-state index contributed by atoms with van der Waals surface area (Å²) in [4.78, 5) is 24.4. The lowest BCUT2D eigenvalue weighted by atomic mass is 10.0. The molecule has 4 aromatic rings. The number of carbonyl (C=O) groups is 2. The quantitative estimate of drug-likeness (QED) is 0.349. The zero-order valence-corrected chi connectivity index (χ0v) is 19.9. The molecule has 0 aliphatic carbocycles. The van der Waals surface area contributed by atoms with E-state index in [0.717, 1.165) is 16.7 Å². The molecule has 2 aromatic carbocycles. The molecule has 0 spiro atoms. The van der Waals surface area contributed by atoms with Gasteiger partial charge in [0.15, 0.2) is 0 Å². The number of nitrogens with two attached hydrogens (primary N) is 1. The van der Waals surface area contributed by atoms with Crippen LogP contribution in [0, 0.1) is 0 Å². The number of rotatable bonds is 8. The third-order valence-electron chi connectivity index (χ3n) is 6.04. The first-order valence-electron chi connectivity index (χ1n) is 11.3. The van der Waals surface area contributed by atoms with E-state index in [0.29, 0.717) is 23.3 Å². The second-order valence-corrected chi connectivity index (χ2v) is 9.04. The molecule has 4 N–H and O–H groups in total. The fraction of sp³-hybridized carbons (Fsp3) is 0.222. The number of amides is 2. The Morgan fingerprint density at radius 1 is 1.09 bits per heavy atom. The van der Waals surface area contributed by atoms with Crippen LogP contribution in [0.1, 0.15) is 47.1 Å². The lowest BCUT2D eigenvalue weighted by Gasteiger charge is -2.26. The van der Waals surface area contributed by atoms with Crippen molar-refractivity contribution in [3.63, 3.8) is 0 Å². The highest BCUT2D eigenvalue weighted by Crippen LogP contribution is 2.30. The van der Waals surface area contributed by atoms with E-state index < -0.39 is 17.6 Å². The molecular weight excluding hydrogens is 445 g/mol. The lowest BCUT2D eigenvalue weighted by Crippen LogP contribution is -2.36. The van der Waals surface area contributed by atoms with Gasteiger partial charge in [0.1, 0.15) is 5.67 Å². The van der Waals surface area contributed by atoms with Gasteiger partial charge in [-0.3, -0.25) is 9.59 Å². The van der Waals surface area contributed by atoms with Gasteiger partial charge < -0.3 is 16.4 Å². The van der Waals surface area contributed by atoms with Gasteiger partial charge in [0.25, 0.3) is 11.8 Å². The number of hydrogen-bond donors (Lipinski definition) is 3. The van der Waals surface area contributed by atoms with Crippen molar-refractivity contribution in [1.29, 1.82) is 0 Å². The maximum atomic E-state index is 14.5. The number of aromatic nitrogens is 2. The molecule has 180 valence electrons. The minimum atomic E-state index is -1.52. The molecule has 0 saturated heterocycles. The summed E-state index contributed by atoms with van der Waals surface area (Å²) in [5.74, 6) is -0.792. The van der Waals surface area contributed by atoms with E-state index in [1.807, 2.05) is 54.7 Å². The molecule has 2 aromatic heterocycles. The fourth-order valence-electron chi connectivity index (χ4n) is 3.68. The first-order chi connectivity index (χ1) is 16.6. The molecule has 2 heterocycles. The molecule has 0 aliphatic heterocycles. The van der Waals surface area contributed by atoms with Gasteiger partial charge in [-0.2, -0.15) is 5.10 Å². The number of hydrogen-bond acceptors (Lipinski definition) is 4. The van der Waals surface area contributed by atoms with E-state index in [4.69, 9.17) is 5.73 Å². The minimum Gasteiger partial charge on any atom is -0.377 e. The van der Waals surface area contributed by atoms with Gasteiger partial charge in [0, 0.05) is 23.9 Å². The maximum absolute atomic E-state index is 14.5. The van der Waals surface area contributed by atoms with E-state index in [1.165, 1.54) is 20.0 Å². The molecule has 4 rings (SSSR count). The van der Waals surface area contributed by atoms with Crippen LogP contribution in [0.25, 0.3) is 16.6 Å². The normalized spacial score (nSPS) is 12.3. The van der Waals surface area contributed by atoms with Crippen LogP contribution in [0.4, 0.5) is 10.1 Å². The standard InChI is InChI=1S/C27H28FN5O2/c1-17(27(2,3)28)32-24-22(25(29)34)15-31-33-16-21(13-23(24)33)20-11-7-8-18(12-20)14-30-26(35)19-9-5-4-6-10-19/h4-13,15-17,32H,14H2,1-3H3,(H2,29,34)(H,30,35). The molecule has 1 atom stereocenters. The van der Waals surface area contributed by atoms with Gasteiger partial charge in [-0.15, -0.1) is 0 Å². The number of benzene rings is 2. The first kappa shape index (κ1) is 23.9. The van der Waals surface area contributed by atoms with Crippen LogP contribution in [-0.2, 0) is 6.54 Å². The van der Waals surface area contributed by atoms with E-state index >= 15 is 0 Å². The average molecular weight is 474 g/mol. The predicted octanol–water partition coefficient (Wildman–Crippen LogP) is 4.58. The van der Waals surface area contributed by atoms with Crippen molar-refractivity contribution in [2.75, 3.05) is 5.32 Å². The van der Waals surface area contributed by atoms with Gasteiger partial charge in [-0.05, 0) is 56.2 Å². The Bertz CT molecular complexity index is 1380. The van der Waals surface area contributed by atoms with Gasteiger partial charge in [-0.25, -0.2) is 8.91 Å². The molecule has 7 nitrogen and oxygen atoms in total. The second kappa shape index (κ2) is 9.58. The smallest absolute Gasteiger partial charge is 0.252 e. The Balaban J connectivity index is 1.63. The summed E-state index contributed by atoms with van der Waals surface area (Å²) in [6, 6.07) is 18.1. The summed E-state index contributed by atoms with van der Waals surface area (Å²) >= 11 is 0. The van der Waals surface area contributed by atoms with Crippen LogP contribution in [0.2, 0.25) is 0 Å². The molecule has 0 bridgehead atoms. The second-order valence-electron chi connectivity index (χ2n) is 9.04. The van der Waals surface area contributed by atoms with Crippen molar-refractivity contribution in [2.45, 2.75) is 39.0 Å². The SMILES string of the molecule is CC(Nc1c(C(N)=O)cnn2cc(-c3cccc(CNC(=O)c4ccccc4)c3)cc12)C(C)(C)F. The van der Waals surface area contributed by atoms with Crippen LogP contribution in [0.3, 0.4) is 0 Å². The summed E-state index contributed by atoms with van der Waals surface area (Å²) in [6.07, 6.45) is 3.22. The lowest BCUT2D eigenvalue weighted by molar-refractivity contribution is 0.0949. The number of primary amides is 1. The Morgan fingerprint density at radius 3 is 2.51 bits per heavy atom. The highest BCUT2D eigenvalue weighted by molar-refractivity contribution is 6.02. The van der Waals surface area contributed by atoms with E-state index in [9.17, 15) is 14.0 Å². The highest BCUT2D eigenvalue weighted by Gasteiger charge is 2.27. The predicted molar refractivity (Wildman–Crippen MR) is 135 cm³/mol. The number of halogens is 1. The summed E-state index contributed by atoms with van der Waals surface area (Å²) in [5, 5.41) is 10.4. The Kier molecular flexibility index (Phi) is 6.55. The van der Waals surface area contributed by atoms with Crippen molar-refractivity contribution in [3.8, 4) is 11.1 Å². The van der Waals surface area contributed by atoms with Crippen molar-refractivity contribution >= 4 is 23.0 Å². The third kappa shape index (κ3) is 5.32. The number of fused-ring (bicyclic) bond motifs is 1. The van der Waals surface area contributed by atoms with Crippen LogP contribution < -0.4 is 16.4 Å². The Morgan fingerprint density at radius 2 is 1.83 bits per heavy atom. The highest BCUT2D eigenvalue weighted by atomic mass is 19.1. The summed E-state index contributed by atoms with van der Waals surface area (Å²) in [7, 11) is 0. The number of anilines is 1. The fourth-order valence-corrected chi connectivity index (χ4v) is 3.68. The molecule has 35 heavy (non-hydrogen) atoms. The van der Waals surface area contributed by atoms with Gasteiger partial charge >= 0.3 is 0 Å². The largest absolute Gasteiger partial charge is 0.377 e. The van der Waals surface area contributed by atoms with Crippen LogP contribution in [-0.4, -0.2) is 33.1 Å². The van der Waals surface area contributed by atoms with Gasteiger partial charge in [0.2, 0.25) is 0 Å². The minimum absolute atomic E-state index is 0.144. The number of nitrogens with one attached hydrogen (secondary N) is 2. The Hall–Kier alpha value is -4.20. The molecule has 0 saturated carbocycles. The van der Waals surface area contributed by atoms with Crippen molar-refractivity contribution < 1.29 is 14.0 Å². The number of alkyl halides is 1. The van der Waals surface area contributed by atoms with Crippen molar-refractivity contribution in [1.82, 2.24) is 14.9 Å². The zero-order valence-electron chi connectivity index (χ0n) is 19.9. The maximum Gasteiger partial charge on any atom is 0.252 e. The molecule has 0 radical (unpaired) electrons. The summed E-state index contributed by atoms with van der Waals surface area (Å²) in [5.41, 5.74) is 8.57. The number of nitrogens with zero attached hydrogens (tertiary/aromatic N) is 2. The molecule has 8 heteroatoms. The zero-order chi connectivity index (χ0) is 25.2. The van der Waals surface area contributed by atoms with Gasteiger partial charge in [0.05, 0.1) is 29.0 Å². The van der Waals surface area contributed by atoms with E-state index in [1.54, 1.807) is 23.6 Å². The molecule has 2 amide bonds. The monoisotopic (exact) mass is 473 g/mol. The summed E-state index contributed by atoms with van der Waals surface area (Å²) in [6.45, 7) is 5.02. The first-order valence-corrected chi connectivity index (χ1v) is 11.3. The average Bonchev–Trinajstić information content (AvgIpc) is 3.27. The molecular formula is C27H28FN5O2. The van der Waals surface area contributed by atoms with Crippen molar-refractivity contribution in [3.05, 3.63) is 89.7 Å². The van der Waals surface area contributed by atoms with Crippen LogP contribution in [0.5, 0.6) is 0 Å². The van der Waals surface area contributed by atoms with Crippen molar-refractivity contribution in [2.24, 2.45) is 5.73 Å². The van der Waals surface area contributed by atoms with Crippen LogP contribution >= 0.6 is 0 Å². The molecule has 0 fully saturated rings. The topological polar surface area (TPSA) is 102 Å². The van der Waals surface area contributed by atoms with Crippen LogP contribution in [0.15, 0.2) is 73.1 Å². The van der Waals surface area contributed by atoms with E-state index in [2.05, 4.69) is 15.7 Å².